The maximum absolute atomic E-state index is 2.53. The van der Waals surface area contributed by atoms with E-state index < -0.39 is 0 Å². The normalized spacial score (nSPS) is 13.5. The van der Waals surface area contributed by atoms with Crippen LogP contribution in [0.3, 0.4) is 0 Å². The van der Waals surface area contributed by atoms with E-state index in [4.69, 9.17) is 0 Å². The van der Waals surface area contributed by atoms with Gasteiger partial charge in [0.1, 0.15) is 0 Å². The van der Waals surface area contributed by atoms with Gasteiger partial charge in [-0.05, 0) is 97.3 Å². The first-order valence-corrected chi connectivity index (χ1v) is 19.4. The molecule has 0 saturated carbocycles. The summed E-state index contributed by atoms with van der Waals surface area (Å²) in [5.74, 6) is 2.42. The molecule has 0 unspecified atom stereocenters. The standard InChI is InChI=1S/C43H69N2/c1-9-19-34(20-10-2)38-27-17-28-39(35(21-11-3)22-12-4)42(38)44-31-32-45(33-44)43-40(36(23-13-5)24-14-6)29-18-30-41(43)37(25-15-7)26-16-8/h17-18,27-37H,9-16,19-26H2,1-8H3. The van der Waals surface area contributed by atoms with Crippen LogP contribution in [0.2, 0.25) is 0 Å². The van der Waals surface area contributed by atoms with E-state index in [-0.39, 0.29) is 0 Å². The Bertz CT molecular complexity index is 953. The maximum atomic E-state index is 2.53. The van der Waals surface area contributed by atoms with Gasteiger partial charge in [-0.3, -0.25) is 0 Å². The quantitative estimate of drug-likeness (QED) is 0.130. The van der Waals surface area contributed by atoms with Crippen molar-refractivity contribution in [2.75, 3.05) is 9.80 Å². The van der Waals surface area contributed by atoms with Gasteiger partial charge in [0.15, 0.2) is 6.67 Å². The molecule has 0 N–H and O–H groups in total. The zero-order chi connectivity index (χ0) is 32.6. The Kier molecular flexibility index (Phi) is 16.6. The van der Waals surface area contributed by atoms with Crippen LogP contribution in [0.25, 0.3) is 0 Å². The van der Waals surface area contributed by atoms with E-state index in [9.17, 15) is 0 Å². The minimum Gasteiger partial charge on any atom is -0.321 e. The molecule has 0 fully saturated rings. The third-order valence-corrected chi connectivity index (χ3v) is 10.2. The van der Waals surface area contributed by atoms with E-state index in [0.29, 0.717) is 23.7 Å². The molecule has 1 aliphatic rings. The number of anilines is 2. The lowest BCUT2D eigenvalue weighted by Crippen LogP contribution is -2.24. The summed E-state index contributed by atoms with van der Waals surface area (Å²) in [6.07, 6.45) is 24.7. The maximum Gasteiger partial charge on any atom is 0.150 e. The first kappa shape index (κ1) is 37.2. The van der Waals surface area contributed by atoms with Crippen LogP contribution >= 0.6 is 0 Å². The lowest BCUT2D eigenvalue weighted by molar-refractivity contribution is 0.547. The molecule has 251 valence electrons. The second-order valence-electron chi connectivity index (χ2n) is 13.9. The number of rotatable bonds is 22. The molecule has 1 heterocycles. The predicted octanol–water partition coefficient (Wildman–Crippen LogP) is 14.3. The summed E-state index contributed by atoms with van der Waals surface area (Å²) in [7, 11) is 0. The number of hydrogen-bond donors (Lipinski definition) is 0. The molecule has 2 heteroatoms. The Labute approximate surface area is 280 Å². The summed E-state index contributed by atoms with van der Waals surface area (Å²) in [5.41, 5.74) is 9.21. The van der Waals surface area contributed by atoms with Gasteiger partial charge in [0.25, 0.3) is 0 Å². The van der Waals surface area contributed by atoms with Crippen molar-refractivity contribution in [2.45, 2.75) is 182 Å². The second kappa shape index (κ2) is 20.1. The molecule has 2 nitrogen and oxygen atoms in total. The molecule has 0 bridgehead atoms. The molecule has 1 aliphatic heterocycles. The lowest BCUT2D eigenvalue weighted by atomic mass is 9.82. The van der Waals surface area contributed by atoms with Crippen molar-refractivity contribution in [3.05, 3.63) is 77.7 Å². The largest absolute Gasteiger partial charge is 0.321 e. The van der Waals surface area contributed by atoms with E-state index in [1.165, 1.54) is 114 Å². The highest BCUT2D eigenvalue weighted by molar-refractivity contribution is 5.73. The third-order valence-electron chi connectivity index (χ3n) is 10.2. The monoisotopic (exact) mass is 614 g/mol. The lowest BCUT2D eigenvalue weighted by Gasteiger charge is -2.33. The zero-order valence-corrected chi connectivity index (χ0v) is 30.7. The van der Waals surface area contributed by atoms with Gasteiger partial charge in [0, 0.05) is 23.8 Å². The van der Waals surface area contributed by atoms with Crippen molar-refractivity contribution >= 4 is 11.4 Å². The minimum atomic E-state index is 0.606. The molecule has 0 atom stereocenters. The van der Waals surface area contributed by atoms with Crippen molar-refractivity contribution in [3.8, 4) is 0 Å². The zero-order valence-electron chi connectivity index (χ0n) is 30.7. The fourth-order valence-electron chi connectivity index (χ4n) is 8.30. The molecule has 0 saturated heterocycles. The molecule has 3 rings (SSSR count). The average molecular weight is 614 g/mol. The van der Waals surface area contributed by atoms with E-state index in [1.807, 2.05) is 0 Å². The highest BCUT2D eigenvalue weighted by atomic mass is 15.3. The number of para-hydroxylation sites is 2. The van der Waals surface area contributed by atoms with Crippen LogP contribution in [-0.4, -0.2) is 0 Å². The van der Waals surface area contributed by atoms with Gasteiger partial charge in [-0.15, -0.1) is 0 Å². The van der Waals surface area contributed by atoms with Crippen molar-refractivity contribution in [2.24, 2.45) is 0 Å². The fraction of sp³-hybridized carbons (Fsp3) is 0.651. The first-order chi connectivity index (χ1) is 22.0. The molecule has 0 amide bonds. The Morgan fingerprint density at radius 1 is 0.378 bits per heavy atom. The molecule has 0 aliphatic carbocycles. The van der Waals surface area contributed by atoms with E-state index in [2.05, 4.69) is 121 Å². The number of hydrogen-bond acceptors (Lipinski definition) is 2. The third kappa shape index (κ3) is 9.65. The van der Waals surface area contributed by atoms with Crippen molar-refractivity contribution in [1.82, 2.24) is 0 Å². The molecule has 2 aromatic carbocycles. The van der Waals surface area contributed by atoms with Crippen LogP contribution in [0.4, 0.5) is 11.4 Å². The number of nitrogens with zero attached hydrogens (tertiary/aromatic N) is 2. The van der Waals surface area contributed by atoms with Crippen LogP contribution in [0.1, 0.15) is 204 Å². The molecule has 2 aromatic rings. The fourth-order valence-corrected chi connectivity index (χ4v) is 8.30. The topological polar surface area (TPSA) is 6.48 Å². The van der Waals surface area contributed by atoms with Gasteiger partial charge < -0.3 is 9.80 Å². The summed E-state index contributed by atoms with van der Waals surface area (Å²) < 4.78 is 0. The molecular formula is C43H69N2. The van der Waals surface area contributed by atoms with Crippen LogP contribution in [0, 0.1) is 6.67 Å². The van der Waals surface area contributed by atoms with Gasteiger partial charge >= 0.3 is 0 Å². The summed E-state index contributed by atoms with van der Waals surface area (Å²) in [6, 6.07) is 14.6. The molecule has 1 radical (unpaired) electrons. The molecule has 0 spiro atoms. The smallest absolute Gasteiger partial charge is 0.150 e. The van der Waals surface area contributed by atoms with Crippen molar-refractivity contribution in [3.63, 3.8) is 0 Å². The highest BCUT2D eigenvalue weighted by Gasteiger charge is 2.31. The van der Waals surface area contributed by atoms with E-state index >= 15 is 0 Å². The minimum absolute atomic E-state index is 0.606. The summed E-state index contributed by atoms with van der Waals surface area (Å²) in [4.78, 5) is 5.07. The van der Waals surface area contributed by atoms with Crippen LogP contribution in [0.5, 0.6) is 0 Å². The SMILES string of the molecule is CCCC(CCC)c1cccc(C(CCC)CCC)c1N1[CH]N(c2c(C(CCC)CCC)cccc2C(CCC)CCC)C=C1. The Hall–Kier alpha value is -2.22. The predicted molar refractivity (Wildman–Crippen MR) is 202 cm³/mol. The van der Waals surface area contributed by atoms with Crippen LogP contribution in [0.15, 0.2) is 48.8 Å². The van der Waals surface area contributed by atoms with E-state index in [0.717, 1.165) is 0 Å². The summed E-state index contributed by atoms with van der Waals surface area (Å²) in [5, 5.41) is 0. The molecule has 45 heavy (non-hydrogen) atoms. The average Bonchev–Trinajstić information content (AvgIpc) is 3.53. The van der Waals surface area contributed by atoms with Gasteiger partial charge in [0.2, 0.25) is 0 Å². The van der Waals surface area contributed by atoms with E-state index in [1.54, 1.807) is 22.3 Å². The molecular weight excluding hydrogens is 544 g/mol. The highest BCUT2D eigenvalue weighted by Crippen LogP contribution is 2.47. The van der Waals surface area contributed by atoms with Crippen molar-refractivity contribution in [1.29, 1.82) is 0 Å². The number of benzene rings is 2. The van der Waals surface area contributed by atoms with Gasteiger partial charge in [0.05, 0.1) is 0 Å². The van der Waals surface area contributed by atoms with Crippen molar-refractivity contribution < 1.29 is 0 Å². The van der Waals surface area contributed by atoms with Gasteiger partial charge in [-0.1, -0.05) is 143 Å². The summed E-state index contributed by atoms with van der Waals surface area (Å²) >= 11 is 0. The van der Waals surface area contributed by atoms with Crippen LogP contribution < -0.4 is 9.80 Å². The van der Waals surface area contributed by atoms with Crippen LogP contribution in [-0.2, 0) is 0 Å². The van der Waals surface area contributed by atoms with Gasteiger partial charge in [-0.25, -0.2) is 0 Å². The molecule has 0 aromatic heterocycles. The second-order valence-corrected chi connectivity index (χ2v) is 13.9. The summed E-state index contributed by atoms with van der Waals surface area (Å²) in [6.45, 7) is 21.3. The van der Waals surface area contributed by atoms with Gasteiger partial charge in [-0.2, -0.15) is 0 Å². The Balaban J connectivity index is 2.19. The Morgan fingerprint density at radius 3 is 0.800 bits per heavy atom. The first-order valence-electron chi connectivity index (χ1n) is 19.4. The Morgan fingerprint density at radius 2 is 0.600 bits per heavy atom.